The molecule has 1 aromatic carbocycles. The van der Waals surface area contributed by atoms with Crippen LogP contribution in [-0.2, 0) is 0 Å². The summed E-state index contributed by atoms with van der Waals surface area (Å²) < 4.78 is 0.892. The van der Waals surface area contributed by atoms with Gasteiger partial charge in [0.25, 0.3) is 0 Å². The molecule has 0 amide bonds. The first-order valence-corrected chi connectivity index (χ1v) is 7.07. The van der Waals surface area contributed by atoms with Crippen molar-refractivity contribution < 1.29 is 0 Å². The van der Waals surface area contributed by atoms with Crippen molar-refractivity contribution in [3.05, 3.63) is 39.5 Å². The number of hydrogen-bond donors (Lipinski definition) is 2. The van der Waals surface area contributed by atoms with Crippen LogP contribution in [0.5, 0.6) is 0 Å². The summed E-state index contributed by atoms with van der Waals surface area (Å²) in [6.07, 6.45) is 1.79. The molecule has 1 aromatic heterocycles. The van der Waals surface area contributed by atoms with Gasteiger partial charge in [0.15, 0.2) is 0 Å². The third kappa shape index (κ3) is 3.58. The van der Waals surface area contributed by atoms with Crippen molar-refractivity contribution in [2.45, 2.75) is 13.8 Å². The van der Waals surface area contributed by atoms with E-state index in [1.165, 1.54) is 0 Å². The quantitative estimate of drug-likeness (QED) is 0.866. The van der Waals surface area contributed by atoms with E-state index in [4.69, 9.17) is 11.6 Å². The Morgan fingerprint density at radius 1 is 1.37 bits per heavy atom. The van der Waals surface area contributed by atoms with E-state index in [2.05, 4.69) is 36.5 Å². The van der Waals surface area contributed by atoms with Gasteiger partial charge in [-0.15, -0.1) is 0 Å². The van der Waals surface area contributed by atoms with E-state index in [0.717, 1.165) is 28.1 Å². The topological polar surface area (TPSA) is 49.8 Å². The number of halogens is 2. The third-order valence-corrected chi connectivity index (χ3v) is 3.38. The highest BCUT2D eigenvalue weighted by molar-refractivity contribution is 9.10. The van der Waals surface area contributed by atoms with E-state index < -0.39 is 0 Å². The lowest BCUT2D eigenvalue weighted by atomic mass is 10.3. The molecule has 100 valence electrons. The molecule has 4 nitrogen and oxygen atoms in total. The van der Waals surface area contributed by atoms with E-state index in [1.54, 1.807) is 6.20 Å². The molecule has 2 N–H and O–H groups in total. The molecule has 2 aromatic rings. The maximum atomic E-state index is 5.92. The highest BCUT2D eigenvalue weighted by atomic mass is 79.9. The van der Waals surface area contributed by atoms with Gasteiger partial charge in [0, 0.05) is 27.8 Å². The monoisotopic (exact) mass is 340 g/mol. The second-order valence-electron chi connectivity index (χ2n) is 4.00. The molecule has 0 saturated heterocycles. The molecule has 6 heteroatoms. The second-order valence-corrected chi connectivity index (χ2v) is 5.30. The van der Waals surface area contributed by atoms with E-state index >= 15 is 0 Å². The molecule has 0 radical (unpaired) electrons. The van der Waals surface area contributed by atoms with Crippen molar-refractivity contribution in [1.29, 1.82) is 0 Å². The van der Waals surface area contributed by atoms with Crippen LogP contribution in [0.1, 0.15) is 12.5 Å². The van der Waals surface area contributed by atoms with Crippen molar-refractivity contribution in [2.75, 3.05) is 17.2 Å². The smallest absolute Gasteiger partial charge is 0.224 e. The molecule has 2 rings (SSSR count). The molecule has 0 aliphatic heterocycles. The summed E-state index contributed by atoms with van der Waals surface area (Å²) in [5.74, 6) is 1.38. The van der Waals surface area contributed by atoms with Crippen LogP contribution in [-0.4, -0.2) is 16.5 Å². The average molecular weight is 342 g/mol. The Labute approximate surface area is 125 Å². The molecular weight excluding hydrogens is 328 g/mol. The van der Waals surface area contributed by atoms with E-state index in [-0.39, 0.29) is 0 Å². The SMILES string of the molecule is CCNc1ncc(C)c(Nc2ccc(Cl)cc2Br)n1. The minimum Gasteiger partial charge on any atom is -0.354 e. The molecule has 0 aliphatic carbocycles. The summed E-state index contributed by atoms with van der Waals surface area (Å²) in [6, 6.07) is 5.57. The van der Waals surface area contributed by atoms with E-state index in [1.807, 2.05) is 32.0 Å². The number of nitrogens with one attached hydrogen (secondary N) is 2. The minimum absolute atomic E-state index is 0.612. The van der Waals surface area contributed by atoms with Gasteiger partial charge in [-0.1, -0.05) is 11.6 Å². The predicted octanol–water partition coefficient (Wildman–Crippen LogP) is 4.38. The molecule has 0 unspecified atom stereocenters. The van der Waals surface area contributed by atoms with E-state index in [9.17, 15) is 0 Å². The van der Waals surface area contributed by atoms with Crippen molar-refractivity contribution >= 4 is 45.0 Å². The zero-order valence-electron chi connectivity index (χ0n) is 10.7. The normalized spacial score (nSPS) is 10.3. The number of rotatable bonds is 4. The van der Waals surface area contributed by atoms with Crippen molar-refractivity contribution in [1.82, 2.24) is 9.97 Å². The molecule has 19 heavy (non-hydrogen) atoms. The Bertz CT molecular complexity index is 589. The van der Waals surface area contributed by atoms with Gasteiger partial charge in [-0.2, -0.15) is 4.98 Å². The van der Waals surface area contributed by atoms with Crippen molar-refractivity contribution in [3.63, 3.8) is 0 Å². The van der Waals surface area contributed by atoms with Crippen LogP contribution < -0.4 is 10.6 Å². The van der Waals surface area contributed by atoms with Crippen LogP contribution in [0.15, 0.2) is 28.9 Å². The predicted molar refractivity (Wildman–Crippen MR) is 83.4 cm³/mol. The van der Waals surface area contributed by atoms with Crippen LogP contribution >= 0.6 is 27.5 Å². The van der Waals surface area contributed by atoms with Gasteiger partial charge >= 0.3 is 0 Å². The summed E-state index contributed by atoms with van der Waals surface area (Å²) in [5.41, 5.74) is 1.89. The largest absolute Gasteiger partial charge is 0.354 e. The Morgan fingerprint density at radius 3 is 2.84 bits per heavy atom. The molecule has 0 fully saturated rings. The van der Waals surface area contributed by atoms with Crippen LogP contribution in [0.25, 0.3) is 0 Å². The first-order chi connectivity index (χ1) is 9.10. The second kappa shape index (κ2) is 6.21. The maximum absolute atomic E-state index is 5.92. The fraction of sp³-hybridized carbons (Fsp3) is 0.231. The fourth-order valence-electron chi connectivity index (χ4n) is 1.53. The Hall–Kier alpha value is -1.33. The van der Waals surface area contributed by atoms with Crippen LogP contribution in [0.3, 0.4) is 0 Å². The standard InChI is InChI=1S/C13H14BrClN4/c1-3-16-13-17-7-8(2)12(19-13)18-11-5-4-9(15)6-10(11)14/h4-7H,3H2,1-2H3,(H2,16,17,18,19). The lowest BCUT2D eigenvalue weighted by Gasteiger charge is -2.11. The Balaban J connectivity index is 2.29. The first-order valence-electron chi connectivity index (χ1n) is 5.89. The van der Waals surface area contributed by atoms with Crippen LogP contribution in [0, 0.1) is 6.92 Å². The Kier molecular flexibility index (Phi) is 4.61. The van der Waals surface area contributed by atoms with Gasteiger partial charge in [-0.3, -0.25) is 0 Å². The zero-order chi connectivity index (χ0) is 13.8. The van der Waals surface area contributed by atoms with Crippen molar-refractivity contribution in [2.24, 2.45) is 0 Å². The molecule has 1 heterocycles. The summed E-state index contributed by atoms with van der Waals surface area (Å²) >= 11 is 9.40. The number of nitrogens with zero attached hydrogens (tertiary/aromatic N) is 2. The summed E-state index contributed by atoms with van der Waals surface area (Å²) in [4.78, 5) is 8.65. The van der Waals surface area contributed by atoms with E-state index in [0.29, 0.717) is 11.0 Å². The Morgan fingerprint density at radius 2 is 2.16 bits per heavy atom. The zero-order valence-corrected chi connectivity index (χ0v) is 13.0. The average Bonchev–Trinajstić information content (AvgIpc) is 2.37. The van der Waals surface area contributed by atoms with Gasteiger partial charge in [-0.05, 0) is 48.0 Å². The lowest BCUT2D eigenvalue weighted by Crippen LogP contribution is -2.05. The lowest BCUT2D eigenvalue weighted by molar-refractivity contribution is 1.07. The van der Waals surface area contributed by atoms with Gasteiger partial charge in [-0.25, -0.2) is 4.98 Å². The van der Waals surface area contributed by atoms with Gasteiger partial charge in [0.2, 0.25) is 5.95 Å². The van der Waals surface area contributed by atoms with Gasteiger partial charge in [0.1, 0.15) is 5.82 Å². The van der Waals surface area contributed by atoms with Crippen LogP contribution in [0.4, 0.5) is 17.5 Å². The van der Waals surface area contributed by atoms with Gasteiger partial charge < -0.3 is 10.6 Å². The molecule has 0 spiro atoms. The third-order valence-electron chi connectivity index (χ3n) is 2.49. The molecule has 0 bridgehead atoms. The number of aryl methyl sites for hydroxylation is 1. The summed E-state index contributed by atoms with van der Waals surface area (Å²) in [5, 5.41) is 7.04. The minimum atomic E-state index is 0.612. The number of benzene rings is 1. The number of hydrogen-bond acceptors (Lipinski definition) is 4. The van der Waals surface area contributed by atoms with Gasteiger partial charge in [0.05, 0.1) is 5.69 Å². The summed E-state index contributed by atoms with van der Waals surface area (Å²) in [6.45, 7) is 4.75. The first kappa shape index (κ1) is 14.1. The molecule has 0 atom stereocenters. The van der Waals surface area contributed by atoms with Crippen molar-refractivity contribution in [3.8, 4) is 0 Å². The fourth-order valence-corrected chi connectivity index (χ4v) is 2.31. The maximum Gasteiger partial charge on any atom is 0.224 e. The highest BCUT2D eigenvalue weighted by Gasteiger charge is 2.06. The molecular formula is C13H14BrClN4. The summed E-state index contributed by atoms with van der Waals surface area (Å²) in [7, 11) is 0. The molecule has 0 saturated carbocycles. The molecule has 0 aliphatic rings. The number of aromatic nitrogens is 2. The number of anilines is 3. The van der Waals surface area contributed by atoms with Crippen LogP contribution in [0.2, 0.25) is 5.02 Å². The highest BCUT2D eigenvalue weighted by Crippen LogP contribution is 2.29.